The summed E-state index contributed by atoms with van der Waals surface area (Å²) in [5.74, 6) is 1.66. The number of nitrogens with one attached hydrogen (secondary N) is 1. The summed E-state index contributed by atoms with van der Waals surface area (Å²) < 4.78 is 10.6. The molecule has 3 rings (SSSR count). The molecule has 1 saturated heterocycles. The molecule has 1 N–H and O–H groups in total. The molecule has 0 aliphatic carbocycles. The molecule has 0 radical (unpaired) electrons. The summed E-state index contributed by atoms with van der Waals surface area (Å²) in [6.45, 7) is 3.67. The van der Waals surface area contributed by atoms with Gasteiger partial charge in [-0.2, -0.15) is 0 Å². The quantitative estimate of drug-likeness (QED) is 0.833. The second-order valence-corrected chi connectivity index (χ2v) is 6.08. The Morgan fingerprint density at radius 3 is 2.54 bits per heavy atom. The van der Waals surface area contributed by atoms with Crippen molar-refractivity contribution in [3.05, 3.63) is 36.7 Å². The van der Waals surface area contributed by atoms with Crippen molar-refractivity contribution in [1.29, 1.82) is 0 Å². The van der Waals surface area contributed by atoms with Crippen molar-refractivity contribution >= 4 is 17.5 Å². The van der Waals surface area contributed by atoms with E-state index in [0.29, 0.717) is 23.1 Å². The Bertz CT molecular complexity index is 730. The summed E-state index contributed by atoms with van der Waals surface area (Å²) in [5.41, 5.74) is 0.544. The third-order valence-electron chi connectivity index (χ3n) is 4.12. The highest BCUT2D eigenvalue weighted by Gasteiger charge is 2.16. The number of carbonyl (C=O) groups excluding carboxylic acids is 1. The zero-order valence-electron chi connectivity index (χ0n) is 15.0. The van der Waals surface area contributed by atoms with Crippen LogP contribution in [0.1, 0.15) is 0 Å². The largest absolute Gasteiger partial charge is 0.497 e. The van der Waals surface area contributed by atoms with Crippen LogP contribution in [0.25, 0.3) is 0 Å². The predicted molar refractivity (Wildman–Crippen MR) is 98.9 cm³/mol. The number of amides is 1. The summed E-state index contributed by atoms with van der Waals surface area (Å²) in [6, 6.07) is 7.11. The minimum Gasteiger partial charge on any atom is -0.497 e. The number of likely N-dealkylation sites (N-methyl/N-ethyl adjacent to an activating group) is 1. The lowest BCUT2D eigenvalue weighted by molar-refractivity contribution is -0.118. The lowest BCUT2D eigenvalue weighted by Crippen LogP contribution is -2.45. The second-order valence-electron chi connectivity index (χ2n) is 6.08. The number of methoxy groups -OCH3 is 1. The molecule has 8 heteroatoms. The van der Waals surface area contributed by atoms with E-state index in [9.17, 15) is 4.79 Å². The molecule has 26 heavy (non-hydrogen) atoms. The van der Waals surface area contributed by atoms with E-state index >= 15 is 0 Å². The predicted octanol–water partition coefficient (Wildman–Crippen LogP) is 1.25. The van der Waals surface area contributed by atoms with E-state index in [1.165, 1.54) is 0 Å². The van der Waals surface area contributed by atoms with E-state index in [1.807, 2.05) is 6.07 Å². The van der Waals surface area contributed by atoms with Crippen molar-refractivity contribution < 1.29 is 14.3 Å². The molecule has 0 unspecified atom stereocenters. The first kappa shape index (κ1) is 17.9. The van der Waals surface area contributed by atoms with Crippen LogP contribution in [-0.4, -0.2) is 67.7 Å². The number of benzene rings is 1. The Morgan fingerprint density at radius 2 is 1.85 bits per heavy atom. The number of hydrogen-bond donors (Lipinski definition) is 1. The SMILES string of the molecule is COc1cccc(OCC(=O)Nc2cnc(N3CCN(C)CC3)nc2)c1. The van der Waals surface area contributed by atoms with Crippen LogP contribution in [0.5, 0.6) is 11.5 Å². The van der Waals surface area contributed by atoms with Crippen LogP contribution in [0.2, 0.25) is 0 Å². The molecule has 1 aromatic heterocycles. The molecule has 0 atom stereocenters. The zero-order chi connectivity index (χ0) is 18.4. The highest BCUT2D eigenvalue weighted by molar-refractivity contribution is 5.91. The van der Waals surface area contributed by atoms with Gasteiger partial charge in [0.2, 0.25) is 5.95 Å². The van der Waals surface area contributed by atoms with Crippen LogP contribution in [-0.2, 0) is 4.79 Å². The maximum atomic E-state index is 12.0. The van der Waals surface area contributed by atoms with Crippen molar-refractivity contribution in [2.75, 3.05) is 57.2 Å². The van der Waals surface area contributed by atoms with Gasteiger partial charge in [-0.1, -0.05) is 6.07 Å². The van der Waals surface area contributed by atoms with Gasteiger partial charge in [0.25, 0.3) is 5.91 Å². The molecule has 1 aromatic carbocycles. The minimum absolute atomic E-state index is 0.104. The molecule has 0 bridgehead atoms. The number of carbonyl (C=O) groups is 1. The van der Waals surface area contributed by atoms with E-state index in [2.05, 4.69) is 32.1 Å². The van der Waals surface area contributed by atoms with Crippen LogP contribution in [0.3, 0.4) is 0 Å². The molecule has 0 saturated carbocycles. The van der Waals surface area contributed by atoms with Gasteiger partial charge in [-0.15, -0.1) is 0 Å². The van der Waals surface area contributed by atoms with Gasteiger partial charge < -0.3 is 24.6 Å². The van der Waals surface area contributed by atoms with Crippen LogP contribution in [0.15, 0.2) is 36.7 Å². The van der Waals surface area contributed by atoms with E-state index in [-0.39, 0.29) is 12.5 Å². The fraction of sp³-hybridized carbons (Fsp3) is 0.389. The summed E-state index contributed by atoms with van der Waals surface area (Å²) in [4.78, 5) is 25.1. The molecular formula is C18H23N5O3. The van der Waals surface area contributed by atoms with E-state index in [1.54, 1.807) is 37.7 Å². The molecule has 2 heterocycles. The first-order valence-electron chi connectivity index (χ1n) is 8.46. The Balaban J connectivity index is 1.49. The summed E-state index contributed by atoms with van der Waals surface area (Å²) in [7, 11) is 3.68. The molecule has 1 amide bonds. The lowest BCUT2D eigenvalue weighted by atomic mass is 10.3. The van der Waals surface area contributed by atoms with Crippen molar-refractivity contribution in [2.24, 2.45) is 0 Å². The smallest absolute Gasteiger partial charge is 0.262 e. The first-order chi connectivity index (χ1) is 12.6. The third-order valence-corrected chi connectivity index (χ3v) is 4.12. The normalized spacial score (nSPS) is 14.8. The van der Waals surface area contributed by atoms with Crippen molar-refractivity contribution in [2.45, 2.75) is 0 Å². The highest BCUT2D eigenvalue weighted by atomic mass is 16.5. The van der Waals surface area contributed by atoms with Gasteiger partial charge in [0.1, 0.15) is 11.5 Å². The van der Waals surface area contributed by atoms with E-state index in [4.69, 9.17) is 9.47 Å². The second kappa shape index (κ2) is 8.48. The number of rotatable bonds is 6. The number of piperazine rings is 1. The van der Waals surface area contributed by atoms with E-state index < -0.39 is 0 Å². The van der Waals surface area contributed by atoms with Crippen molar-refractivity contribution in [1.82, 2.24) is 14.9 Å². The monoisotopic (exact) mass is 357 g/mol. The number of ether oxygens (including phenoxy) is 2. The fourth-order valence-electron chi connectivity index (χ4n) is 2.59. The number of nitrogens with zero attached hydrogens (tertiary/aromatic N) is 4. The minimum atomic E-state index is -0.274. The van der Waals surface area contributed by atoms with Gasteiger partial charge in [-0.25, -0.2) is 9.97 Å². The van der Waals surface area contributed by atoms with Crippen molar-refractivity contribution in [3.63, 3.8) is 0 Å². The Morgan fingerprint density at radius 1 is 1.15 bits per heavy atom. The molecule has 2 aromatic rings. The average Bonchev–Trinajstić information content (AvgIpc) is 2.68. The van der Waals surface area contributed by atoms with Crippen LogP contribution < -0.4 is 19.7 Å². The summed E-state index contributed by atoms with van der Waals surface area (Å²) in [6.07, 6.45) is 3.23. The molecule has 1 aliphatic rings. The van der Waals surface area contributed by atoms with Gasteiger partial charge in [0, 0.05) is 32.2 Å². The van der Waals surface area contributed by atoms with Gasteiger partial charge in [-0.3, -0.25) is 4.79 Å². The number of anilines is 2. The van der Waals surface area contributed by atoms with Crippen molar-refractivity contribution in [3.8, 4) is 11.5 Å². The fourth-order valence-corrected chi connectivity index (χ4v) is 2.59. The standard InChI is InChI=1S/C18H23N5O3/c1-22-6-8-23(9-7-22)18-19-11-14(12-20-18)21-17(24)13-26-16-5-3-4-15(10-16)25-2/h3-5,10-12H,6-9,13H2,1-2H3,(H,21,24). The van der Waals surface area contributed by atoms with Gasteiger partial charge in [-0.05, 0) is 19.2 Å². The molecular weight excluding hydrogens is 334 g/mol. The molecule has 8 nitrogen and oxygen atoms in total. The van der Waals surface area contributed by atoms with Gasteiger partial charge >= 0.3 is 0 Å². The summed E-state index contributed by atoms with van der Waals surface area (Å²) in [5, 5.41) is 2.73. The molecule has 0 spiro atoms. The number of aromatic nitrogens is 2. The molecule has 1 aliphatic heterocycles. The topological polar surface area (TPSA) is 79.8 Å². The van der Waals surface area contributed by atoms with E-state index in [0.717, 1.165) is 26.2 Å². The summed E-state index contributed by atoms with van der Waals surface area (Å²) >= 11 is 0. The van der Waals surface area contributed by atoms with Crippen LogP contribution in [0, 0.1) is 0 Å². The maximum absolute atomic E-state index is 12.0. The Labute approximate surface area is 152 Å². The third kappa shape index (κ3) is 4.82. The number of hydrogen-bond acceptors (Lipinski definition) is 7. The Hall–Kier alpha value is -2.87. The first-order valence-corrected chi connectivity index (χ1v) is 8.46. The molecule has 1 fully saturated rings. The molecule has 138 valence electrons. The average molecular weight is 357 g/mol. The Kier molecular flexibility index (Phi) is 5.85. The highest BCUT2D eigenvalue weighted by Crippen LogP contribution is 2.19. The van der Waals surface area contributed by atoms with Crippen LogP contribution in [0.4, 0.5) is 11.6 Å². The maximum Gasteiger partial charge on any atom is 0.262 e. The van der Waals surface area contributed by atoms with Crippen LogP contribution >= 0.6 is 0 Å². The lowest BCUT2D eigenvalue weighted by Gasteiger charge is -2.32. The van der Waals surface area contributed by atoms with Gasteiger partial charge in [0.15, 0.2) is 6.61 Å². The van der Waals surface area contributed by atoms with Gasteiger partial charge in [0.05, 0.1) is 25.2 Å². The zero-order valence-corrected chi connectivity index (χ0v) is 15.0.